The number of aliphatic hydroxyl groups excluding tert-OH is 5. The van der Waals surface area contributed by atoms with Gasteiger partial charge in [-0.2, -0.15) is 4.31 Å². The number of aryl methyl sites for hydroxylation is 1. The van der Waals surface area contributed by atoms with Gasteiger partial charge in [0.2, 0.25) is 15.9 Å². The number of hydrogen-bond acceptors (Lipinski definition) is 9. The number of hydrogen-bond donors (Lipinski definition) is 6. The average Bonchev–Trinajstić information content (AvgIpc) is 3.01. The fraction of sp³-hybridized carbons (Fsp3) is 0.419. The number of nitrogens with zero attached hydrogens (tertiary/aromatic N) is 2. The van der Waals surface area contributed by atoms with Crippen LogP contribution in [-0.4, -0.2) is 93.3 Å². The largest absolute Gasteiger partial charge is 0.394 e. The zero-order chi connectivity index (χ0) is 32.6. The molecule has 0 saturated carbocycles. The Morgan fingerprint density at radius 2 is 1.70 bits per heavy atom. The van der Waals surface area contributed by atoms with Crippen LogP contribution in [0.5, 0.6) is 0 Å². The van der Waals surface area contributed by atoms with Crippen molar-refractivity contribution in [1.82, 2.24) is 14.6 Å². The summed E-state index contributed by atoms with van der Waals surface area (Å²) in [6.45, 7) is 4.08. The summed E-state index contributed by atoms with van der Waals surface area (Å²) in [6, 6.07) is 13.5. The van der Waals surface area contributed by atoms with Crippen molar-refractivity contribution in [3.8, 4) is 11.1 Å². The van der Waals surface area contributed by atoms with Gasteiger partial charge < -0.3 is 30.8 Å². The van der Waals surface area contributed by atoms with Crippen molar-refractivity contribution in [3.05, 3.63) is 82.6 Å². The Morgan fingerprint density at radius 3 is 2.39 bits per heavy atom. The van der Waals surface area contributed by atoms with Crippen LogP contribution in [0.4, 0.5) is 0 Å². The second-order valence-electron chi connectivity index (χ2n) is 10.7. The number of benzene rings is 2. The first-order valence-corrected chi connectivity index (χ1v) is 16.0. The number of nitrogens with one attached hydrogen (secondary N) is 1. The van der Waals surface area contributed by atoms with Gasteiger partial charge in [0.15, 0.2) is 0 Å². The van der Waals surface area contributed by atoms with Crippen LogP contribution in [0.3, 0.4) is 0 Å². The molecular weight excluding hydrogens is 610 g/mol. The van der Waals surface area contributed by atoms with E-state index < -0.39 is 59.5 Å². The molecule has 0 spiro atoms. The van der Waals surface area contributed by atoms with E-state index in [9.17, 15) is 33.6 Å². The lowest BCUT2D eigenvalue weighted by Crippen LogP contribution is -2.49. The Labute approximate surface area is 262 Å². The van der Waals surface area contributed by atoms with Crippen LogP contribution in [0.1, 0.15) is 42.5 Å². The monoisotopic (exact) mass is 649 g/mol. The number of halogens is 1. The average molecular weight is 650 g/mol. The Hall–Kier alpha value is -2.94. The third-order valence-electron chi connectivity index (χ3n) is 7.55. The number of rotatable bonds is 15. The Balaban J connectivity index is 1.80. The van der Waals surface area contributed by atoms with Crippen LogP contribution >= 0.6 is 11.6 Å². The number of carbonyl (C=O) groups excluding carboxylic acids is 1. The molecule has 13 heteroatoms. The number of amides is 1. The third-order valence-corrected chi connectivity index (χ3v) is 10.1. The molecule has 0 fully saturated rings. The highest BCUT2D eigenvalue weighted by molar-refractivity contribution is 7.89. The van der Waals surface area contributed by atoms with Crippen LogP contribution in [0, 0.1) is 13.8 Å². The van der Waals surface area contributed by atoms with Crippen LogP contribution in [0.2, 0.25) is 5.02 Å². The van der Waals surface area contributed by atoms with E-state index >= 15 is 0 Å². The standard InChI is InChI=1S/C31H40ClN3O8S/c1-19-16-33-13-12-24(19)23-8-4-7-22(15-23)21(3)35(44(42,43)28-10-5-9-25(32)20(28)2)14-6-11-29(39)34-17-26(37)30(40)31(41)27(38)18-36/h4-5,7-10,12-13,15-16,21,26-27,30-31,36-38,40-41H,6,11,14,17-18H2,1-3H3,(H,34,39)/t21-,26+,27-,30-,31-/m0/s1. The summed E-state index contributed by atoms with van der Waals surface area (Å²) in [4.78, 5) is 16.8. The fourth-order valence-electron chi connectivity index (χ4n) is 4.83. The molecule has 0 aliphatic carbocycles. The number of carbonyl (C=O) groups is 1. The highest BCUT2D eigenvalue weighted by Crippen LogP contribution is 2.33. The highest BCUT2D eigenvalue weighted by Gasteiger charge is 2.32. The molecule has 5 atom stereocenters. The molecule has 0 bridgehead atoms. The Kier molecular flexibility index (Phi) is 12.8. The lowest BCUT2D eigenvalue weighted by Gasteiger charge is -2.30. The quantitative estimate of drug-likeness (QED) is 0.144. The smallest absolute Gasteiger partial charge is 0.243 e. The highest BCUT2D eigenvalue weighted by atomic mass is 35.5. The van der Waals surface area contributed by atoms with E-state index in [4.69, 9.17) is 16.7 Å². The Morgan fingerprint density at radius 1 is 1.02 bits per heavy atom. The van der Waals surface area contributed by atoms with Crippen molar-refractivity contribution in [1.29, 1.82) is 0 Å². The Bertz CT molecular complexity index is 1520. The molecule has 240 valence electrons. The van der Waals surface area contributed by atoms with Crippen molar-refractivity contribution >= 4 is 27.5 Å². The number of aliphatic hydroxyl groups is 5. The van der Waals surface area contributed by atoms with Crippen molar-refractivity contribution in [2.45, 2.75) is 69.0 Å². The summed E-state index contributed by atoms with van der Waals surface area (Å²) < 4.78 is 29.5. The summed E-state index contributed by atoms with van der Waals surface area (Å²) in [5, 5.41) is 50.9. The minimum Gasteiger partial charge on any atom is -0.394 e. The van der Waals surface area contributed by atoms with Gasteiger partial charge in [0.05, 0.1) is 17.6 Å². The molecule has 6 N–H and O–H groups in total. The summed E-state index contributed by atoms with van der Waals surface area (Å²) in [7, 11) is -4.08. The molecule has 1 amide bonds. The van der Waals surface area contributed by atoms with Gasteiger partial charge in [-0.25, -0.2) is 8.42 Å². The molecule has 0 aliphatic heterocycles. The topological polar surface area (TPSA) is 181 Å². The van der Waals surface area contributed by atoms with E-state index in [1.54, 1.807) is 38.4 Å². The number of sulfonamides is 1. The normalized spacial score (nSPS) is 15.4. The van der Waals surface area contributed by atoms with Gasteiger partial charge in [0.25, 0.3) is 0 Å². The van der Waals surface area contributed by atoms with Crippen LogP contribution in [0.25, 0.3) is 11.1 Å². The zero-order valence-corrected chi connectivity index (χ0v) is 26.4. The lowest BCUT2D eigenvalue weighted by molar-refractivity contribution is -0.126. The molecule has 0 radical (unpaired) electrons. The van der Waals surface area contributed by atoms with Crippen LogP contribution in [-0.2, 0) is 14.8 Å². The molecule has 0 saturated heterocycles. The summed E-state index contributed by atoms with van der Waals surface area (Å²) >= 11 is 6.28. The molecule has 0 unspecified atom stereocenters. The van der Waals surface area contributed by atoms with Crippen molar-refractivity contribution < 1.29 is 38.7 Å². The SMILES string of the molecule is Cc1cnccc1-c1cccc([C@H](C)N(CCCC(=O)NC[C@@H](O)[C@H](O)[C@@H](O)[C@@H](O)CO)S(=O)(=O)c2cccc(Cl)c2C)c1. The molecule has 3 rings (SSSR count). The minimum absolute atomic E-state index is 0.0199. The van der Waals surface area contributed by atoms with Crippen LogP contribution < -0.4 is 5.32 Å². The molecule has 11 nitrogen and oxygen atoms in total. The first-order valence-electron chi connectivity index (χ1n) is 14.2. The molecule has 2 aromatic carbocycles. The van der Waals surface area contributed by atoms with Gasteiger partial charge in [-0.3, -0.25) is 9.78 Å². The fourth-order valence-corrected chi connectivity index (χ4v) is 6.97. The van der Waals surface area contributed by atoms with Gasteiger partial charge in [-0.1, -0.05) is 35.9 Å². The number of aromatic nitrogens is 1. The van der Waals surface area contributed by atoms with E-state index in [1.165, 1.54) is 10.4 Å². The van der Waals surface area contributed by atoms with E-state index in [2.05, 4.69) is 10.3 Å². The maximum atomic E-state index is 14.1. The predicted molar refractivity (Wildman–Crippen MR) is 166 cm³/mol. The van der Waals surface area contributed by atoms with E-state index in [1.807, 2.05) is 37.3 Å². The molecule has 0 aliphatic rings. The summed E-state index contributed by atoms with van der Waals surface area (Å²) in [5.41, 5.74) is 4.00. The molecule has 44 heavy (non-hydrogen) atoms. The van der Waals surface area contributed by atoms with Gasteiger partial charge in [-0.15, -0.1) is 0 Å². The van der Waals surface area contributed by atoms with Gasteiger partial charge in [0, 0.05) is 43.0 Å². The van der Waals surface area contributed by atoms with E-state index in [0.29, 0.717) is 10.6 Å². The lowest BCUT2D eigenvalue weighted by atomic mass is 9.98. The maximum Gasteiger partial charge on any atom is 0.243 e. The second-order valence-corrected chi connectivity index (χ2v) is 12.9. The van der Waals surface area contributed by atoms with E-state index in [0.717, 1.165) is 22.3 Å². The minimum atomic E-state index is -4.08. The van der Waals surface area contributed by atoms with Crippen molar-refractivity contribution in [2.24, 2.45) is 0 Å². The van der Waals surface area contributed by atoms with Gasteiger partial charge in [-0.05, 0) is 79.3 Å². The second kappa shape index (κ2) is 15.9. The summed E-state index contributed by atoms with van der Waals surface area (Å²) in [6.07, 6.45) is -3.43. The molecule has 1 aromatic heterocycles. The summed E-state index contributed by atoms with van der Waals surface area (Å²) in [5.74, 6) is -0.521. The molecule has 3 aromatic rings. The molecular formula is C31H40ClN3O8S. The van der Waals surface area contributed by atoms with E-state index in [-0.39, 0.29) is 24.3 Å². The first kappa shape index (κ1) is 35.5. The number of pyridine rings is 1. The van der Waals surface area contributed by atoms with Crippen molar-refractivity contribution in [3.63, 3.8) is 0 Å². The van der Waals surface area contributed by atoms with Gasteiger partial charge in [0.1, 0.15) is 18.3 Å². The predicted octanol–water partition coefficient (Wildman–Crippen LogP) is 2.10. The zero-order valence-electron chi connectivity index (χ0n) is 24.8. The first-order chi connectivity index (χ1) is 20.8. The molecule has 1 heterocycles. The van der Waals surface area contributed by atoms with Crippen LogP contribution in [0.15, 0.2) is 65.8 Å². The van der Waals surface area contributed by atoms with Gasteiger partial charge >= 0.3 is 0 Å². The van der Waals surface area contributed by atoms with Crippen molar-refractivity contribution in [2.75, 3.05) is 19.7 Å². The third kappa shape index (κ3) is 8.61. The maximum absolute atomic E-state index is 14.1.